The third-order valence-corrected chi connectivity index (χ3v) is 9.21. The molecule has 0 aliphatic heterocycles. The first kappa shape index (κ1) is 31.9. The van der Waals surface area contributed by atoms with Gasteiger partial charge in [-0.25, -0.2) is 8.42 Å². The number of nitrogens with one attached hydrogen (secondary N) is 1. The first-order valence-corrected chi connectivity index (χ1v) is 15.8. The van der Waals surface area contributed by atoms with Crippen LogP contribution in [0.3, 0.4) is 0 Å². The van der Waals surface area contributed by atoms with E-state index in [1.54, 1.807) is 67.6 Å². The average molecular weight is 669 g/mol. The molecule has 40 heavy (non-hydrogen) atoms. The molecule has 3 rings (SSSR count). The molecule has 0 spiro atoms. The molecule has 0 fully saturated rings. The Hall–Kier alpha value is -2.59. The number of sulfonamides is 1. The Labute approximate surface area is 254 Å². The Bertz CT molecular complexity index is 1400. The van der Waals surface area contributed by atoms with Crippen LogP contribution in [0.5, 0.6) is 0 Å². The summed E-state index contributed by atoms with van der Waals surface area (Å²) in [6, 6.07) is 18.6. The number of benzene rings is 3. The maximum atomic E-state index is 14.1. The summed E-state index contributed by atoms with van der Waals surface area (Å²) in [5.41, 5.74) is 0.767. The van der Waals surface area contributed by atoms with Crippen molar-refractivity contribution >= 4 is 66.7 Å². The Kier molecular flexibility index (Phi) is 11.5. The monoisotopic (exact) mass is 667 g/mol. The summed E-state index contributed by atoms with van der Waals surface area (Å²) in [6.07, 6.45) is 0.293. The largest absolute Gasteiger partial charge is 0.354 e. The molecule has 214 valence electrons. The molecule has 0 heterocycles. The number of hydrogen-bond donors (Lipinski definition) is 1. The smallest absolute Gasteiger partial charge is 0.264 e. The molecule has 0 aliphatic carbocycles. The summed E-state index contributed by atoms with van der Waals surface area (Å²) < 4.78 is 29.4. The van der Waals surface area contributed by atoms with Crippen molar-refractivity contribution in [3.05, 3.63) is 92.9 Å². The lowest BCUT2D eigenvalue weighted by Crippen LogP contribution is -2.52. The molecule has 0 saturated carbocycles. The molecule has 0 unspecified atom stereocenters. The molecule has 0 aromatic heterocycles. The SMILES string of the molecule is CC[C@H](C(=O)NCC(C)C)N(Cc1c(Cl)cccc1Cl)C(=O)CN(c1ccc(Br)cc1)S(=O)(=O)c1ccccc1. The van der Waals surface area contributed by atoms with Crippen LogP contribution >= 0.6 is 39.1 Å². The second kappa shape index (κ2) is 14.3. The molecule has 11 heteroatoms. The fourth-order valence-corrected chi connectivity index (χ4v) is 6.27. The minimum Gasteiger partial charge on any atom is -0.354 e. The number of amides is 2. The topological polar surface area (TPSA) is 86.8 Å². The highest BCUT2D eigenvalue weighted by molar-refractivity contribution is 9.10. The van der Waals surface area contributed by atoms with E-state index in [2.05, 4.69) is 21.2 Å². The summed E-state index contributed by atoms with van der Waals surface area (Å²) in [4.78, 5) is 28.8. The molecular formula is C29H32BrCl2N3O4S. The summed E-state index contributed by atoms with van der Waals surface area (Å²) in [6.45, 7) is 5.54. The first-order chi connectivity index (χ1) is 18.9. The van der Waals surface area contributed by atoms with E-state index in [9.17, 15) is 18.0 Å². The second-order valence-corrected chi connectivity index (χ2v) is 13.2. The minimum absolute atomic E-state index is 0.0353. The predicted molar refractivity (Wildman–Crippen MR) is 164 cm³/mol. The second-order valence-electron chi connectivity index (χ2n) is 9.59. The van der Waals surface area contributed by atoms with Crippen LogP contribution in [-0.2, 0) is 26.2 Å². The van der Waals surface area contributed by atoms with Gasteiger partial charge in [-0.2, -0.15) is 0 Å². The Morgan fingerprint density at radius 1 is 0.925 bits per heavy atom. The maximum Gasteiger partial charge on any atom is 0.264 e. The van der Waals surface area contributed by atoms with E-state index < -0.39 is 28.5 Å². The summed E-state index contributed by atoms with van der Waals surface area (Å²) in [5.74, 6) is -0.716. The van der Waals surface area contributed by atoms with E-state index in [-0.39, 0.29) is 23.3 Å². The molecule has 7 nitrogen and oxygen atoms in total. The molecule has 1 N–H and O–H groups in total. The lowest BCUT2D eigenvalue weighted by molar-refractivity contribution is -0.140. The molecule has 0 radical (unpaired) electrons. The van der Waals surface area contributed by atoms with Crippen LogP contribution in [0.1, 0.15) is 32.8 Å². The van der Waals surface area contributed by atoms with Crippen LogP contribution in [0.15, 0.2) is 82.2 Å². The molecule has 0 bridgehead atoms. The predicted octanol–water partition coefficient (Wildman–Crippen LogP) is 6.53. The Morgan fingerprint density at radius 2 is 1.52 bits per heavy atom. The third-order valence-electron chi connectivity index (χ3n) is 6.19. The molecule has 2 amide bonds. The lowest BCUT2D eigenvalue weighted by atomic mass is 10.1. The van der Waals surface area contributed by atoms with Crippen molar-refractivity contribution in [3.63, 3.8) is 0 Å². The van der Waals surface area contributed by atoms with Crippen molar-refractivity contribution in [2.75, 3.05) is 17.4 Å². The average Bonchev–Trinajstić information content (AvgIpc) is 2.92. The van der Waals surface area contributed by atoms with Gasteiger partial charge in [0.15, 0.2) is 0 Å². The van der Waals surface area contributed by atoms with E-state index in [0.717, 1.165) is 8.78 Å². The van der Waals surface area contributed by atoms with Gasteiger partial charge in [0.1, 0.15) is 12.6 Å². The molecule has 3 aromatic carbocycles. The normalized spacial score (nSPS) is 12.2. The van der Waals surface area contributed by atoms with Crippen LogP contribution in [0.25, 0.3) is 0 Å². The maximum absolute atomic E-state index is 14.1. The van der Waals surface area contributed by atoms with Crippen LogP contribution in [0.2, 0.25) is 10.0 Å². The highest BCUT2D eigenvalue weighted by atomic mass is 79.9. The summed E-state index contributed by atoms with van der Waals surface area (Å²) in [7, 11) is -4.14. The number of anilines is 1. The van der Waals surface area contributed by atoms with Crippen molar-refractivity contribution in [2.45, 2.75) is 44.7 Å². The van der Waals surface area contributed by atoms with Crippen LogP contribution in [0, 0.1) is 5.92 Å². The van der Waals surface area contributed by atoms with Gasteiger partial charge in [-0.15, -0.1) is 0 Å². The fraction of sp³-hybridized carbons (Fsp3) is 0.310. The van der Waals surface area contributed by atoms with Crippen LogP contribution < -0.4 is 9.62 Å². The van der Waals surface area contributed by atoms with Gasteiger partial charge >= 0.3 is 0 Å². The van der Waals surface area contributed by atoms with Gasteiger partial charge < -0.3 is 10.2 Å². The van der Waals surface area contributed by atoms with E-state index in [1.807, 2.05) is 13.8 Å². The van der Waals surface area contributed by atoms with Gasteiger partial charge in [-0.05, 0) is 60.9 Å². The third kappa shape index (κ3) is 8.00. The van der Waals surface area contributed by atoms with Crippen molar-refractivity contribution in [3.8, 4) is 0 Å². The number of carbonyl (C=O) groups is 2. The standard InChI is InChI=1S/C29H32BrCl2N3O4S/c1-4-27(29(37)33-17-20(2)3)34(18-24-25(31)11-8-12-26(24)32)28(36)19-35(22-15-13-21(30)14-16-22)40(38,39)23-9-6-5-7-10-23/h5-16,20,27H,4,17-19H2,1-3H3,(H,33,37)/t27-/m1/s1. The summed E-state index contributed by atoms with van der Waals surface area (Å²) in [5, 5.41) is 3.57. The van der Waals surface area contributed by atoms with E-state index in [0.29, 0.717) is 34.3 Å². The Morgan fingerprint density at radius 3 is 2.08 bits per heavy atom. The van der Waals surface area contributed by atoms with E-state index >= 15 is 0 Å². The van der Waals surface area contributed by atoms with Crippen molar-refractivity contribution in [1.29, 1.82) is 0 Å². The fourth-order valence-electron chi connectivity index (χ4n) is 4.05. The first-order valence-electron chi connectivity index (χ1n) is 12.8. The van der Waals surface area contributed by atoms with Crippen LogP contribution in [-0.4, -0.2) is 44.3 Å². The van der Waals surface area contributed by atoms with Gasteiger partial charge in [-0.3, -0.25) is 13.9 Å². The van der Waals surface area contributed by atoms with Crippen molar-refractivity contribution in [1.82, 2.24) is 10.2 Å². The number of nitrogens with zero attached hydrogens (tertiary/aromatic N) is 2. The number of hydrogen-bond acceptors (Lipinski definition) is 4. The number of carbonyl (C=O) groups excluding carboxylic acids is 2. The zero-order valence-corrected chi connectivity index (χ0v) is 26.4. The molecular weight excluding hydrogens is 637 g/mol. The van der Waals surface area contributed by atoms with E-state index in [1.165, 1.54) is 17.0 Å². The number of rotatable bonds is 12. The molecule has 0 saturated heterocycles. The van der Waals surface area contributed by atoms with Gasteiger partial charge in [0, 0.05) is 33.2 Å². The quantitative estimate of drug-likeness (QED) is 0.238. The van der Waals surface area contributed by atoms with Gasteiger partial charge in [0.25, 0.3) is 10.0 Å². The van der Waals surface area contributed by atoms with Gasteiger partial charge in [0.2, 0.25) is 11.8 Å². The van der Waals surface area contributed by atoms with Gasteiger partial charge in [-0.1, -0.05) is 84.2 Å². The van der Waals surface area contributed by atoms with Gasteiger partial charge in [0.05, 0.1) is 10.6 Å². The van der Waals surface area contributed by atoms with Crippen LogP contribution in [0.4, 0.5) is 5.69 Å². The lowest BCUT2D eigenvalue weighted by Gasteiger charge is -2.33. The minimum atomic E-state index is -4.14. The molecule has 3 aromatic rings. The van der Waals surface area contributed by atoms with Crippen molar-refractivity contribution in [2.24, 2.45) is 5.92 Å². The highest BCUT2D eigenvalue weighted by Crippen LogP contribution is 2.29. The summed E-state index contributed by atoms with van der Waals surface area (Å²) >= 11 is 16.3. The number of halogens is 3. The highest BCUT2D eigenvalue weighted by Gasteiger charge is 2.34. The molecule has 1 atom stereocenters. The zero-order chi connectivity index (χ0) is 29.4. The van der Waals surface area contributed by atoms with E-state index in [4.69, 9.17) is 23.2 Å². The Balaban J connectivity index is 2.07. The van der Waals surface area contributed by atoms with Crippen molar-refractivity contribution < 1.29 is 18.0 Å². The zero-order valence-electron chi connectivity index (χ0n) is 22.5. The molecule has 0 aliphatic rings.